The van der Waals surface area contributed by atoms with Crippen LogP contribution in [0, 0.1) is 0 Å². The number of carbonyl (C=O) groups is 1. The minimum Gasteiger partial charge on any atom is -0.460 e. The summed E-state index contributed by atoms with van der Waals surface area (Å²) in [6.45, 7) is -1.27. The molecule has 0 bridgehead atoms. The lowest BCUT2D eigenvalue weighted by molar-refractivity contribution is -0.237. The number of esters is 1. The summed E-state index contributed by atoms with van der Waals surface area (Å²) in [5, 5.41) is 6.40. The molecular formula is C29H31N6O10P. The number of fused-ring (bicyclic) bond motifs is 1. The van der Waals surface area contributed by atoms with Crippen LogP contribution in [0.15, 0.2) is 87.6 Å². The van der Waals surface area contributed by atoms with Crippen molar-refractivity contribution in [2.45, 2.75) is 62.2 Å². The number of benzene rings is 2. The molecule has 2 N–H and O–H groups in total. The van der Waals surface area contributed by atoms with Gasteiger partial charge in [-0.15, -0.1) is 0 Å². The largest absolute Gasteiger partial charge is 0.460 e. The van der Waals surface area contributed by atoms with E-state index in [1.165, 1.54) is 18.3 Å². The molecule has 17 heteroatoms. The van der Waals surface area contributed by atoms with E-state index in [1.54, 1.807) is 42.5 Å². The van der Waals surface area contributed by atoms with Gasteiger partial charge in [-0.05, 0) is 36.1 Å². The van der Waals surface area contributed by atoms with Crippen molar-refractivity contribution in [2.24, 2.45) is 5.11 Å². The summed E-state index contributed by atoms with van der Waals surface area (Å²) in [6, 6.07) is 18.2. The molecular weight excluding hydrogens is 623 g/mol. The number of nitrogens with one attached hydrogen (secondary N) is 2. The smallest absolute Gasteiger partial charge is 0.459 e. The molecule has 2 aromatic carbocycles. The number of hydrogen-bond acceptors (Lipinski definition) is 11. The van der Waals surface area contributed by atoms with Gasteiger partial charge in [-0.25, -0.2) is 14.4 Å². The van der Waals surface area contributed by atoms with Gasteiger partial charge < -0.3 is 23.5 Å². The van der Waals surface area contributed by atoms with E-state index in [9.17, 15) is 24.5 Å². The second-order valence-corrected chi connectivity index (χ2v) is 12.7. The molecule has 1 spiro atoms. The maximum Gasteiger partial charge on any atom is 0.459 e. The van der Waals surface area contributed by atoms with Crippen molar-refractivity contribution in [3.63, 3.8) is 0 Å². The number of carbonyl (C=O) groups excluding carboxylic acids is 1. The van der Waals surface area contributed by atoms with Crippen LogP contribution in [0.2, 0.25) is 0 Å². The first-order valence-corrected chi connectivity index (χ1v) is 16.1. The van der Waals surface area contributed by atoms with Crippen LogP contribution in [0.1, 0.15) is 37.5 Å². The fourth-order valence-electron chi connectivity index (χ4n) is 5.68. The standard InChI is InChI=1S/C29H31N6O10P/c30-34-33-29(25-24(42-28(43-25)14-7-8-15-28)26(44-29)35-16-13-22(36)32-27(35)38)19-41-46(39,45-21-11-5-2-6-12-21)31-17-23(37)40-18-20-9-3-1-4-10-20/h1-6,9-13,16,24-26H,7-8,14-15,17-19H2,(H,31,39)(H,32,36,38)/t24-,25+,26-,29-,46?/m1/s1. The molecule has 1 aliphatic carbocycles. The average molecular weight is 655 g/mol. The fraction of sp³-hybridized carbons (Fsp3) is 0.414. The number of aromatic amines is 1. The molecule has 0 amide bonds. The van der Waals surface area contributed by atoms with Crippen molar-refractivity contribution >= 4 is 13.7 Å². The second kappa shape index (κ2) is 13.2. The van der Waals surface area contributed by atoms with Crippen LogP contribution in [0.5, 0.6) is 5.75 Å². The van der Waals surface area contributed by atoms with Crippen molar-refractivity contribution < 1.29 is 37.4 Å². The predicted molar refractivity (Wildman–Crippen MR) is 159 cm³/mol. The van der Waals surface area contributed by atoms with Gasteiger partial charge in [0.05, 0.1) is 6.61 Å². The molecule has 3 heterocycles. The Morgan fingerprint density at radius 2 is 1.78 bits per heavy atom. The van der Waals surface area contributed by atoms with Crippen LogP contribution in [-0.2, 0) is 39.4 Å². The van der Waals surface area contributed by atoms with Crippen LogP contribution < -0.4 is 20.9 Å². The first-order chi connectivity index (χ1) is 22.2. The van der Waals surface area contributed by atoms with Crippen molar-refractivity contribution in [1.29, 1.82) is 0 Å². The molecule has 2 aliphatic heterocycles. The maximum atomic E-state index is 14.1. The van der Waals surface area contributed by atoms with Crippen molar-refractivity contribution in [3.05, 3.63) is 110 Å². The average Bonchev–Trinajstić information content (AvgIpc) is 3.75. The maximum absolute atomic E-state index is 14.1. The van der Waals surface area contributed by atoms with Gasteiger partial charge in [-0.3, -0.25) is 23.7 Å². The summed E-state index contributed by atoms with van der Waals surface area (Å²) >= 11 is 0. The van der Waals surface area contributed by atoms with E-state index in [0.717, 1.165) is 29.0 Å². The van der Waals surface area contributed by atoms with E-state index in [4.69, 9.17) is 28.0 Å². The van der Waals surface area contributed by atoms with Crippen LogP contribution in [0.3, 0.4) is 0 Å². The summed E-state index contributed by atoms with van der Waals surface area (Å²) in [5.41, 5.74) is 6.97. The number of rotatable bonds is 12. The first kappa shape index (κ1) is 31.7. The molecule has 6 rings (SSSR count). The van der Waals surface area contributed by atoms with E-state index in [2.05, 4.69) is 20.1 Å². The lowest BCUT2D eigenvalue weighted by Gasteiger charge is -2.32. The number of aromatic nitrogens is 2. The van der Waals surface area contributed by atoms with E-state index in [0.29, 0.717) is 12.8 Å². The predicted octanol–water partition coefficient (Wildman–Crippen LogP) is 3.66. The summed E-state index contributed by atoms with van der Waals surface area (Å²) in [5.74, 6) is -1.61. The van der Waals surface area contributed by atoms with Crippen molar-refractivity contribution in [1.82, 2.24) is 14.6 Å². The summed E-state index contributed by atoms with van der Waals surface area (Å²) in [6.07, 6.45) is 0.630. The molecule has 5 atom stereocenters. The third-order valence-electron chi connectivity index (χ3n) is 7.82. The summed E-state index contributed by atoms with van der Waals surface area (Å²) in [7, 11) is -4.41. The third kappa shape index (κ3) is 6.78. The van der Waals surface area contributed by atoms with Gasteiger partial charge in [0.15, 0.2) is 12.0 Å². The number of para-hydroxylation sites is 1. The molecule has 1 unspecified atom stereocenters. The lowest BCUT2D eigenvalue weighted by atomic mass is 10.1. The second-order valence-electron chi connectivity index (χ2n) is 11.0. The molecule has 3 fully saturated rings. The van der Waals surface area contributed by atoms with Crippen LogP contribution in [0.4, 0.5) is 0 Å². The van der Waals surface area contributed by atoms with E-state index in [1.807, 2.05) is 6.07 Å². The molecule has 242 valence electrons. The zero-order valence-electron chi connectivity index (χ0n) is 24.4. The van der Waals surface area contributed by atoms with Crippen molar-refractivity contribution in [2.75, 3.05) is 13.2 Å². The molecule has 3 aliphatic rings. The quantitative estimate of drug-likeness (QED) is 0.0948. The zero-order valence-corrected chi connectivity index (χ0v) is 25.3. The molecule has 16 nitrogen and oxygen atoms in total. The molecule has 3 aromatic rings. The summed E-state index contributed by atoms with van der Waals surface area (Å²) in [4.78, 5) is 42.3. The highest BCUT2D eigenvalue weighted by Gasteiger charge is 2.66. The number of nitrogens with zero attached hydrogens (tertiary/aromatic N) is 4. The normalized spacial score (nSPS) is 25.8. The number of azide groups is 1. The molecule has 46 heavy (non-hydrogen) atoms. The van der Waals surface area contributed by atoms with E-state index < -0.39 is 68.1 Å². The Morgan fingerprint density at radius 3 is 2.48 bits per heavy atom. The minimum atomic E-state index is -4.41. The van der Waals surface area contributed by atoms with Crippen LogP contribution in [0.25, 0.3) is 10.4 Å². The first-order valence-electron chi connectivity index (χ1n) is 14.6. The Bertz CT molecular complexity index is 1760. The summed E-state index contributed by atoms with van der Waals surface area (Å²) < 4.78 is 50.9. The Balaban J connectivity index is 1.26. The van der Waals surface area contributed by atoms with Gasteiger partial charge >= 0.3 is 19.4 Å². The molecule has 1 saturated carbocycles. The number of ether oxygens (including phenoxy) is 4. The minimum absolute atomic E-state index is 0.00639. The zero-order chi connectivity index (χ0) is 32.2. The number of hydrogen-bond donors (Lipinski definition) is 2. The van der Waals surface area contributed by atoms with Gasteiger partial charge in [-0.1, -0.05) is 53.6 Å². The third-order valence-corrected chi connectivity index (χ3v) is 9.28. The topological polar surface area (TPSA) is 205 Å². The highest BCUT2D eigenvalue weighted by Crippen LogP contribution is 2.54. The Kier molecular flexibility index (Phi) is 9.11. The van der Waals surface area contributed by atoms with Gasteiger partial charge in [0.25, 0.3) is 5.56 Å². The van der Waals surface area contributed by atoms with Crippen LogP contribution >= 0.6 is 7.75 Å². The Hall–Kier alpha value is -4.27. The van der Waals surface area contributed by atoms with Gasteiger partial charge in [0, 0.05) is 30.0 Å². The molecule has 2 saturated heterocycles. The van der Waals surface area contributed by atoms with E-state index >= 15 is 0 Å². The Labute approximate surface area is 261 Å². The van der Waals surface area contributed by atoms with Gasteiger partial charge in [0.1, 0.15) is 31.1 Å². The SMILES string of the molecule is [N-]=[N+]=N[C@]1(COP(=O)(NCC(=O)OCc2ccccc2)Oc2ccccc2)O[C@@H](n2ccc(=O)[nH]c2=O)[C@@H]2OC3(CCCC3)O[C@@H]21. The van der Waals surface area contributed by atoms with Crippen molar-refractivity contribution in [3.8, 4) is 5.75 Å². The highest BCUT2D eigenvalue weighted by molar-refractivity contribution is 7.52. The van der Waals surface area contributed by atoms with Gasteiger partial charge in [-0.2, -0.15) is 0 Å². The monoisotopic (exact) mass is 654 g/mol. The fourth-order valence-corrected chi connectivity index (χ4v) is 6.97. The molecule has 0 radical (unpaired) electrons. The highest BCUT2D eigenvalue weighted by atomic mass is 31.2. The lowest BCUT2D eigenvalue weighted by Crippen LogP contribution is -2.46. The number of H-pyrrole nitrogens is 1. The molecule has 1 aromatic heterocycles. The van der Waals surface area contributed by atoms with Crippen LogP contribution in [-0.4, -0.2) is 52.4 Å². The van der Waals surface area contributed by atoms with Gasteiger partial charge in [0.2, 0.25) is 5.72 Å². The Morgan fingerprint density at radius 1 is 1.07 bits per heavy atom. The van der Waals surface area contributed by atoms with E-state index in [-0.39, 0.29) is 12.4 Å².